The van der Waals surface area contributed by atoms with Crippen molar-refractivity contribution in [3.8, 4) is 0 Å². The Hall–Kier alpha value is -1.46. The minimum absolute atomic E-state index is 0.795. The van der Waals surface area contributed by atoms with Crippen LogP contribution in [0.1, 0.15) is 25.3 Å². The predicted octanol–water partition coefficient (Wildman–Crippen LogP) is 3.24. The van der Waals surface area contributed by atoms with Gasteiger partial charge >= 0.3 is 0 Å². The van der Waals surface area contributed by atoms with Gasteiger partial charge in [-0.25, -0.2) is 0 Å². The van der Waals surface area contributed by atoms with Crippen molar-refractivity contribution < 1.29 is 0 Å². The lowest BCUT2D eigenvalue weighted by Crippen LogP contribution is -1.86. The molecule has 1 nitrogen and oxygen atoms in total. The summed E-state index contributed by atoms with van der Waals surface area (Å²) in [5.41, 5.74) is 11.7. The number of nitrogens with two attached hydrogens (primary N) is 1. The van der Waals surface area contributed by atoms with Crippen LogP contribution >= 0.6 is 0 Å². The first-order chi connectivity index (χ1) is 6.27. The molecule has 0 bridgehead atoms. The standard InChI is InChI=1S/C12H15N/c1-3-5-10(4-2)11-6-8-12(13)9-7-11/h6-9H,2-3,5,13H2,1H3. The van der Waals surface area contributed by atoms with Crippen molar-refractivity contribution in [3.05, 3.63) is 42.1 Å². The molecule has 0 aliphatic carbocycles. The maximum atomic E-state index is 5.60. The smallest absolute Gasteiger partial charge is 0.0314 e. The Morgan fingerprint density at radius 3 is 2.46 bits per heavy atom. The van der Waals surface area contributed by atoms with Crippen LogP contribution in [0.15, 0.2) is 36.6 Å². The molecule has 0 atom stereocenters. The number of rotatable bonds is 3. The molecule has 2 N–H and O–H groups in total. The number of hydrogen-bond acceptors (Lipinski definition) is 1. The molecule has 0 amide bonds. The van der Waals surface area contributed by atoms with Crippen molar-refractivity contribution in [2.75, 3.05) is 5.73 Å². The molecule has 1 aromatic rings. The molecule has 0 saturated carbocycles. The van der Waals surface area contributed by atoms with E-state index in [1.54, 1.807) is 0 Å². The van der Waals surface area contributed by atoms with E-state index in [0.29, 0.717) is 0 Å². The first kappa shape index (κ1) is 9.63. The summed E-state index contributed by atoms with van der Waals surface area (Å²) in [5.74, 6) is 0. The summed E-state index contributed by atoms with van der Waals surface area (Å²) in [6.07, 6.45) is 2.13. The molecule has 1 rings (SSSR count). The van der Waals surface area contributed by atoms with Crippen LogP contribution in [-0.4, -0.2) is 0 Å². The molecule has 68 valence electrons. The minimum Gasteiger partial charge on any atom is -0.399 e. The van der Waals surface area contributed by atoms with Gasteiger partial charge in [0, 0.05) is 11.3 Å². The van der Waals surface area contributed by atoms with E-state index in [-0.39, 0.29) is 0 Å². The first-order valence-electron chi connectivity index (χ1n) is 4.52. The average molecular weight is 173 g/mol. The summed E-state index contributed by atoms with van der Waals surface area (Å²) < 4.78 is 0. The molecule has 0 spiro atoms. The highest BCUT2D eigenvalue weighted by Gasteiger charge is 1.98. The number of hydrogen-bond donors (Lipinski definition) is 1. The van der Waals surface area contributed by atoms with Crippen LogP contribution in [0.4, 0.5) is 5.69 Å². The van der Waals surface area contributed by atoms with Crippen LogP contribution in [0.5, 0.6) is 0 Å². The van der Waals surface area contributed by atoms with Crippen LogP contribution in [0.3, 0.4) is 0 Å². The Morgan fingerprint density at radius 1 is 1.38 bits per heavy atom. The molecule has 0 fully saturated rings. The number of allylic oxidation sites excluding steroid dienone is 1. The van der Waals surface area contributed by atoms with Crippen LogP contribution < -0.4 is 5.73 Å². The van der Waals surface area contributed by atoms with E-state index in [2.05, 4.69) is 19.2 Å². The van der Waals surface area contributed by atoms with E-state index in [1.807, 2.05) is 24.3 Å². The van der Waals surface area contributed by atoms with Crippen LogP contribution in [-0.2, 0) is 0 Å². The van der Waals surface area contributed by atoms with E-state index in [4.69, 9.17) is 5.73 Å². The van der Waals surface area contributed by atoms with Gasteiger partial charge < -0.3 is 5.73 Å². The summed E-state index contributed by atoms with van der Waals surface area (Å²) in [7, 11) is 0. The Labute approximate surface area is 79.6 Å². The van der Waals surface area contributed by atoms with Gasteiger partial charge in [0.05, 0.1) is 0 Å². The fraction of sp³-hybridized carbons (Fsp3) is 0.250. The van der Waals surface area contributed by atoms with Crippen molar-refractivity contribution in [2.24, 2.45) is 0 Å². The molecule has 0 aliphatic rings. The molecule has 0 aliphatic heterocycles. The highest BCUT2D eigenvalue weighted by Crippen LogP contribution is 2.19. The summed E-state index contributed by atoms with van der Waals surface area (Å²) in [6.45, 7) is 5.83. The zero-order chi connectivity index (χ0) is 9.68. The lowest BCUT2D eigenvalue weighted by Gasteiger charge is -2.03. The van der Waals surface area contributed by atoms with Crippen molar-refractivity contribution in [1.29, 1.82) is 0 Å². The lowest BCUT2D eigenvalue weighted by molar-refractivity contribution is 0.974. The summed E-state index contributed by atoms with van der Waals surface area (Å²) in [6, 6.07) is 7.83. The fourth-order valence-electron chi connectivity index (χ4n) is 1.27. The van der Waals surface area contributed by atoms with Crippen molar-refractivity contribution in [1.82, 2.24) is 0 Å². The maximum absolute atomic E-state index is 5.60. The molecule has 13 heavy (non-hydrogen) atoms. The Balaban J connectivity index is 2.93. The van der Waals surface area contributed by atoms with Crippen LogP contribution in [0.2, 0.25) is 0 Å². The second kappa shape index (κ2) is 4.54. The Morgan fingerprint density at radius 2 is 2.00 bits per heavy atom. The van der Waals surface area contributed by atoms with Gasteiger partial charge in [0.25, 0.3) is 0 Å². The van der Waals surface area contributed by atoms with Gasteiger partial charge in [-0.05, 0) is 24.1 Å². The Kier molecular flexibility index (Phi) is 3.36. The SMILES string of the molecule is C=C=C(CCC)c1ccc(N)cc1. The number of benzene rings is 1. The zero-order valence-electron chi connectivity index (χ0n) is 8.01. The monoisotopic (exact) mass is 173 g/mol. The normalized spacial score (nSPS) is 9.31. The van der Waals surface area contributed by atoms with Gasteiger partial charge in [0.1, 0.15) is 0 Å². The first-order valence-corrected chi connectivity index (χ1v) is 4.52. The maximum Gasteiger partial charge on any atom is 0.0314 e. The molecule has 0 heterocycles. The van der Waals surface area contributed by atoms with Crippen LogP contribution in [0.25, 0.3) is 5.57 Å². The summed E-state index contributed by atoms with van der Waals surface area (Å²) >= 11 is 0. The van der Waals surface area contributed by atoms with Gasteiger partial charge in [-0.2, -0.15) is 0 Å². The largest absolute Gasteiger partial charge is 0.399 e. The van der Waals surface area contributed by atoms with Gasteiger partial charge in [0.15, 0.2) is 0 Å². The molecule has 0 saturated heterocycles. The van der Waals surface area contributed by atoms with Crippen molar-refractivity contribution in [2.45, 2.75) is 19.8 Å². The minimum atomic E-state index is 0.795. The number of anilines is 1. The van der Waals surface area contributed by atoms with Gasteiger partial charge in [-0.1, -0.05) is 32.1 Å². The molecular formula is C12H15N. The zero-order valence-corrected chi connectivity index (χ0v) is 8.01. The molecule has 0 unspecified atom stereocenters. The van der Waals surface area contributed by atoms with Crippen molar-refractivity contribution >= 4 is 11.3 Å². The molecular weight excluding hydrogens is 158 g/mol. The lowest BCUT2D eigenvalue weighted by atomic mass is 10.0. The van der Waals surface area contributed by atoms with Crippen LogP contribution in [0, 0.1) is 0 Å². The van der Waals surface area contributed by atoms with Gasteiger partial charge in [-0.15, -0.1) is 5.73 Å². The third-order valence-corrected chi connectivity index (χ3v) is 1.97. The van der Waals surface area contributed by atoms with Gasteiger partial charge in [0.2, 0.25) is 0 Å². The third kappa shape index (κ3) is 2.50. The second-order valence-corrected chi connectivity index (χ2v) is 3.03. The Bertz CT molecular complexity index is 315. The highest BCUT2D eigenvalue weighted by molar-refractivity contribution is 5.66. The van der Waals surface area contributed by atoms with E-state index in [0.717, 1.165) is 18.5 Å². The molecule has 0 aromatic heterocycles. The van der Waals surface area contributed by atoms with E-state index in [9.17, 15) is 0 Å². The molecule has 1 heteroatoms. The molecule has 1 aromatic carbocycles. The van der Waals surface area contributed by atoms with Gasteiger partial charge in [-0.3, -0.25) is 0 Å². The van der Waals surface area contributed by atoms with E-state index < -0.39 is 0 Å². The topological polar surface area (TPSA) is 26.0 Å². The quantitative estimate of drug-likeness (QED) is 0.551. The number of nitrogen functional groups attached to an aromatic ring is 1. The average Bonchev–Trinajstić information content (AvgIpc) is 2.16. The summed E-state index contributed by atoms with van der Waals surface area (Å²) in [4.78, 5) is 0. The van der Waals surface area contributed by atoms with E-state index in [1.165, 1.54) is 11.1 Å². The fourth-order valence-corrected chi connectivity index (χ4v) is 1.27. The predicted molar refractivity (Wildman–Crippen MR) is 58.3 cm³/mol. The van der Waals surface area contributed by atoms with E-state index >= 15 is 0 Å². The molecule has 0 radical (unpaired) electrons. The van der Waals surface area contributed by atoms with Crippen molar-refractivity contribution in [3.63, 3.8) is 0 Å². The highest BCUT2D eigenvalue weighted by atomic mass is 14.5. The second-order valence-electron chi connectivity index (χ2n) is 3.03. The summed E-state index contributed by atoms with van der Waals surface area (Å²) in [5, 5.41) is 0. The third-order valence-electron chi connectivity index (χ3n) is 1.97.